The number of Topliss-reactive ketones (excluding diaryl/α,β-unsaturated/α-hetero) is 2. The third-order valence-corrected chi connectivity index (χ3v) is 6.70. The van der Waals surface area contributed by atoms with Crippen molar-refractivity contribution in [2.45, 2.75) is 24.7 Å². The van der Waals surface area contributed by atoms with Gasteiger partial charge in [-0.1, -0.05) is 121 Å². The van der Waals surface area contributed by atoms with E-state index in [-0.39, 0.29) is 23.4 Å². The monoisotopic (exact) mass is 442 g/mol. The first-order valence-electron chi connectivity index (χ1n) is 11.8. The fraction of sp³-hybridized carbons (Fsp3) is 0.125. The van der Waals surface area contributed by atoms with Gasteiger partial charge in [0.2, 0.25) is 0 Å². The summed E-state index contributed by atoms with van der Waals surface area (Å²) in [7, 11) is 0. The molecule has 0 bridgehead atoms. The van der Waals surface area contributed by atoms with E-state index in [0.29, 0.717) is 22.3 Å². The minimum absolute atomic E-state index is 0.0608. The van der Waals surface area contributed by atoms with Crippen LogP contribution >= 0.6 is 0 Å². The van der Waals surface area contributed by atoms with Gasteiger partial charge in [-0.15, -0.1) is 0 Å². The lowest BCUT2D eigenvalue weighted by molar-refractivity contribution is 0.0982. The van der Waals surface area contributed by atoms with Crippen LogP contribution in [0, 0.1) is 0 Å². The van der Waals surface area contributed by atoms with Gasteiger partial charge in [0, 0.05) is 34.1 Å². The van der Waals surface area contributed by atoms with Crippen molar-refractivity contribution in [1.29, 1.82) is 0 Å². The second kappa shape index (κ2) is 9.84. The molecule has 0 N–H and O–H groups in total. The molecule has 34 heavy (non-hydrogen) atoms. The Hall–Kier alpha value is -4.04. The van der Waals surface area contributed by atoms with E-state index in [1.165, 1.54) is 0 Å². The predicted octanol–water partition coefficient (Wildman–Crippen LogP) is 7.41. The molecule has 4 aromatic rings. The summed E-state index contributed by atoms with van der Waals surface area (Å²) in [4.78, 5) is 28.2. The molecule has 0 saturated carbocycles. The van der Waals surface area contributed by atoms with Gasteiger partial charge in [-0.3, -0.25) is 9.59 Å². The Kier molecular flexibility index (Phi) is 6.31. The maximum absolute atomic E-state index is 14.1. The number of benzene rings is 4. The Morgan fingerprint density at radius 3 is 1.06 bits per heavy atom. The zero-order valence-electron chi connectivity index (χ0n) is 18.9. The van der Waals surface area contributed by atoms with Gasteiger partial charge in [-0.05, 0) is 24.0 Å². The number of carbonyl (C=O) groups excluding carboxylic acids is 2. The summed E-state index contributed by atoms with van der Waals surface area (Å²) in [5.41, 5.74) is 4.65. The van der Waals surface area contributed by atoms with E-state index in [4.69, 9.17) is 0 Å². The number of rotatable bonds is 6. The highest BCUT2D eigenvalue weighted by molar-refractivity contribution is 6.19. The van der Waals surface area contributed by atoms with E-state index >= 15 is 0 Å². The molecule has 4 aromatic carbocycles. The number of carbonyl (C=O) groups is 2. The molecule has 0 aliphatic heterocycles. The van der Waals surface area contributed by atoms with Crippen LogP contribution in [0.1, 0.15) is 56.5 Å². The van der Waals surface area contributed by atoms with Crippen molar-refractivity contribution in [1.82, 2.24) is 0 Å². The van der Waals surface area contributed by atoms with Crippen molar-refractivity contribution in [2.24, 2.45) is 0 Å². The van der Waals surface area contributed by atoms with Crippen LogP contribution in [0.2, 0.25) is 0 Å². The quantitative estimate of drug-likeness (QED) is 0.291. The van der Waals surface area contributed by atoms with Gasteiger partial charge in [0.1, 0.15) is 0 Å². The molecule has 0 saturated heterocycles. The molecule has 0 fully saturated rings. The fourth-order valence-corrected chi connectivity index (χ4v) is 5.09. The van der Waals surface area contributed by atoms with Gasteiger partial charge in [0.05, 0.1) is 0 Å². The smallest absolute Gasteiger partial charge is 0.190 e. The molecular weight excluding hydrogens is 416 g/mol. The van der Waals surface area contributed by atoms with Crippen molar-refractivity contribution in [3.05, 3.63) is 155 Å². The summed E-state index contributed by atoms with van der Waals surface area (Å²) in [6.45, 7) is 0. The zero-order valence-corrected chi connectivity index (χ0v) is 18.9. The number of hydrogen-bond donors (Lipinski definition) is 0. The molecule has 2 atom stereocenters. The van der Waals surface area contributed by atoms with Gasteiger partial charge in [0.25, 0.3) is 0 Å². The summed E-state index contributed by atoms with van der Waals surface area (Å²) in [6, 6.07) is 38.9. The van der Waals surface area contributed by atoms with Crippen LogP contribution in [0.25, 0.3) is 0 Å². The Bertz CT molecular complexity index is 1200. The van der Waals surface area contributed by atoms with E-state index in [1.54, 1.807) is 0 Å². The number of ketones is 2. The largest absolute Gasteiger partial charge is 0.289 e. The summed E-state index contributed by atoms with van der Waals surface area (Å²) < 4.78 is 0. The first-order chi connectivity index (χ1) is 16.7. The van der Waals surface area contributed by atoms with Crippen LogP contribution in [0.4, 0.5) is 0 Å². The molecule has 166 valence electrons. The van der Waals surface area contributed by atoms with Crippen LogP contribution < -0.4 is 0 Å². The Morgan fingerprint density at radius 1 is 0.441 bits per heavy atom. The normalized spacial score (nSPS) is 17.9. The van der Waals surface area contributed by atoms with Gasteiger partial charge in [-0.25, -0.2) is 0 Å². The standard InChI is InChI=1S/C32H26O2/c33-31(25-17-9-3-10-18-25)29-27(23-13-5-1-6-14-23)21-22-28(24-15-7-2-8-16-24)30(29)32(34)26-19-11-4-12-20-26/h1-20,27-28H,21-22H2. The molecule has 0 radical (unpaired) electrons. The second-order valence-electron chi connectivity index (χ2n) is 8.72. The minimum Gasteiger partial charge on any atom is -0.289 e. The number of allylic oxidation sites excluding steroid dienone is 2. The van der Waals surface area contributed by atoms with Gasteiger partial charge < -0.3 is 0 Å². The molecular formula is C32H26O2. The lowest BCUT2D eigenvalue weighted by atomic mass is 9.68. The average molecular weight is 443 g/mol. The molecule has 0 aromatic heterocycles. The summed E-state index contributed by atoms with van der Waals surface area (Å²) >= 11 is 0. The topological polar surface area (TPSA) is 34.1 Å². The van der Waals surface area contributed by atoms with Crippen molar-refractivity contribution >= 4 is 11.6 Å². The lowest BCUT2D eigenvalue weighted by Crippen LogP contribution is -2.27. The molecule has 5 rings (SSSR count). The van der Waals surface area contributed by atoms with Gasteiger partial charge in [0.15, 0.2) is 11.6 Å². The summed E-state index contributed by atoms with van der Waals surface area (Å²) in [5.74, 6) is -0.378. The third kappa shape index (κ3) is 4.27. The molecule has 2 nitrogen and oxygen atoms in total. The van der Waals surface area contributed by atoms with Crippen molar-refractivity contribution < 1.29 is 9.59 Å². The van der Waals surface area contributed by atoms with Crippen LogP contribution in [0.5, 0.6) is 0 Å². The Morgan fingerprint density at radius 2 is 0.735 bits per heavy atom. The van der Waals surface area contributed by atoms with E-state index in [2.05, 4.69) is 24.3 Å². The molecule has 2 unspecified atom stereocenters. The van der Waals surface area contributed by atoms with Crippen LogP contribution in [-0.2, 0) is 0 Å². The molecule has 1 aliphatic rings. The van der Waals surface area contributed by atoms with Crippen molar-refractivity contribution in [3.63, 3.8) is 0 Å². The first kappa shape index (κ1) is 21.8. The Labute approximate surface area is 200 Å². The van der Waals surface area contributed by atoms with E-state index < -0.39 is 0 Å². The predicted molar refractivity (Wildman–Crippen MR) is 136 cm³/mol. The maximum Gasteiger partial charge on any atom is 0.190 e. The maximum atomic E-state index is 14.1. The molecule has 0 spiro atoms. The van der Waals surface area contributed by atoms with E-state index in [9.17, 15) is 9.59 Å². The zero-order chi connectivity index (χ0) is 23.3. The van der Waals surface area contributed by atoms with Crippen molar-refractivity contribution in [2.75, 3.05) is 0 Å². The molecule has 2 heteroatoms. The van der Waals surface area contributed by atoms with Crippen molar-refractivity contribution in [3.8, 4) is 0 Å². The molecule has 0 amide bonds. The highest BCUT2D eigenvalue weighted by Crippen LogP contribution is 2.46. The minimum atomic E-state index is -0.128. The molecule has 0 heterocycles. The molecule has 1 aliphatic carbocycles. The van der Waals surface area contributed by atoms with E-state index in [1.807, 2.05) is 97.1 Å². The van der Waals surface area contributed by atoms with Crippen LogP contribution in [0.15, 0.2) is 132 Å². The fourth-order valence-electron chi connectivity index (χ4n) is 5.09. The number of hydrogen-bond acceptors (Lipinski definition) is 2. The lowest BCUT2D eigenvalue weighted by Gasteiger charge is -2.34. The summed E-state index contributed by atoms with van der Waals surface area (Å²) in [5, 5.41) is 0. The average Bonchev–Trinajstić information content (AvgIpc) is 2.93. The van der Waals surface area contributed by atoms with Crippen LogP contribution in [0.3, 0.4) is 0 Å². The highest BCUT2D eigenvalue weighted by atomic mass is 16.1. The highest BCUT2D eigenvalue weighted by Gasteiger charge is 2.38. The summed E-state index contributed by atoms with van der Waals surface area (Å²) in [6.07, 6.45) is 1.62. The van der Waals surface area contributed by atoms with Gasteiger partial charge >= 0.3 is 0 Å². The third-order valence-electron chi connectivity index (χ3n) is 6.70. The SMILES string of the molecule is O=C(C1=C(C(=O)c2ccccc2)C(c2ccccc2)CCC1c1ccccc1)c1ccccc1. The second-order valence-corrected chi connectivity index (χ2v) is 8.72. The van der Waals surface area contributed by atoms with Gasteiger partial charge in [-0.2, -0.15) is 0 Å². The van der Waals surface area contributed by atoms with Crippen LogP contribution in [-0.4, -0.2) is 11.6 Å². The Balaban J connectivity index is 1.77. The van der Waals surface area contributed by atoms with E-state index in [0.717, 1.165) is 24.0 Å². The first-order valence-corrected chi connectivity index (χ1v) is 11.8.